The van der Waals surface area contributed by atoms with Gasteiger partial charge in [0.25, 0.3) is 0 Å². The van der Waals surface area contributed by atoms with E-state index in [0.29, 0.717) is 0 Å². The van der Waals surface area contributed by atoms with Gasteiger partial charge in [0.15, 0.2) is 0 Å². The zero-order chi connectivity index (χ0) is 10.1. The Morgan fingerprint density at radius 1 is 1.36 bits per heavy atom. The summed E-state index contributed by atoms with van der Waals surface area (Å²) >= 11 is 2.01. The average Bonchev–Trinajstić information content (AvgIpc) is 2.25. The molecule has 0 aliphatic carbocycles. The molecule has 0 spiro atoms. The second-order valence-electron chi connectivity index (χ2n) is 3.11. The second-order valence-corrected chi connectivity index (χ2v) is 4.33. The molecule has 0 unspecified atom stereocenters. The van der Waals surface area contributed by atoms with Crippen molar-refractivity contribution in [2.24, 2.45) is 0 Å². The molecular weight excluding hydrogens is 192 g/mol. The zero-order valence-corrected chi connectivity index (χ0v) is 9.52. The summed E-state index contributed by atoms with van der Waals surface area (Å²) < 4.78 is 0. The molecule has 0 radical (unpaired) electrons. The third kappa shape index (κ3) is 5.25. The monoisotopic (exact) mass is 210 g/mol. The van der Waals surface area contributed by atoms with Gasteiger partial charge in [0.2, 0.25) is 0 Å². The summed E-state index contributed by atoms with van der Waals surface area (Å²) in [4.78, 5) is 4.24. The Morgan fingerprint density at radius 2 is 2.29 bits per heavy atom. The second kappa shape index (κ2) is 7.83. The Bertz CT molecular complexity index is 226. The van der Waals surface area contributed by atoms with E-state index in [4.69, 9.17) is 0 Å². The molecule has 1 heterocycles. The number of hydrogen-bond donors (Lipinski definition) is 1. The van der Waals surface area contributed by atoms with Gasteiger partial charge in [-0.25, -0.2) is 0 Å². The molecule has 0 saturated carbocycles. The van der Waals surface area contributed by atoms with Gasteiger partial charge in [-0.1, -0.05) is 13.0 Å². The predicted octanol–water partition coefficient (Wildman–Crippen LogP) is 2.31. The van der Waals surface area contributed by atoms with Crippen molar-refractivity contribution in [3.8, 4) is 0 Å². The SMILES string of the molecule is CCCSCCNCc1ccccn1. The maximum absolute atomic E-state index is 4.24. The van der Waals surface area contributed by atoms with E-state index in [1.807, 2.05) is 36.2 Å². The van der Waals surface area contributed by atoms with Gasteiger partial charge in [0.05, 0.1) is 5.69 Å². The summed E-state index contributed by atoms with van der Waals surface area (Å²) in [6, 6.07) is 6.02. The topological polar surface area (TPSA) is 24.9 Å². The van der Waals surface area contributed by atoms with Crippen LogP contribution in [0, 0.1) is 0 Å². The lowest BCUT2D eigenvalue weighted by molar-refractivity contribution is 0.715. The molecule has 0 amide bonds. The Balaban J connectivity index is 1.99. The molecule has 1 rings (SSSR count). The van der Waals surface area contributed by atoms with Crippen molar-refractivity contribution >= 4 is 11.8 Å². The van der Waals surface area contributed by atoms with Crippen molar-refractivity contribution in [1.29, 1.82) is 0 Å². The number of nitrogens with zero attached hydrogens (tertiary/aromatic N) is 1. The van der Waals surface area contributed by atoms with Crippen molar-refractivity contribution < 1.29 is 0 Å². The fourth-order valence-electron chi connectivity index (χ4n) is 1.11. The van der Waals surface area contributed by atoms with Crippen LogP contribution in [0.5, 0.6) is 0 Å². The molecule has 0 aliphatic heterocycles. The van der Waals surface area contributed by atoms with Crippen molar-refractivity contribution in [3.63, 3.8) is 0 Å². The van der Waals surface area contributed by atoms with E-state index in [2.05, 4.69) is 17.2 Å². The maximum atomic E-state index is 4.24. The molecule has 0 aromatic carbocycles. The van der Waals surface area contributed by atoms with Gasteiger partial charge in [-0.15, -0.1) is 0 Å². The largest absolute Gasteiger partial charge is 0.310 e. The Labute approximate surface area is 90.5 Å². The van der Waals surface area contributed by atoms with Crippen molar-refractivity contribution in [3.05, 3.63) is 30.1 Å². The first-order valence-corrected chi connectivity index (χ1v) is 6.27. The lowest BCUT2D eigenvalue weighted by Crippen LogP contribution is -2.17. The molecule has 78 valence electrons. The number of aromatic nitrogens is 1. The molecule has 0 fully saturated rings. The van der Waals surface area contributed by atoms with Gasteiger partial charge in [-0.3, -0.25) is 4.98 Å². The van der Waals surface area contributed by atoms with Gasteiger partial charge < -0.3 is 5.32 Å². The van der Waals surface area contributed by atoms with E-state index in [9.17, 15) is 0 Å². The first kappa shape index (κ1) is 11.5. The minimum Gasteiger partial charge on any atom is -0.310 e. The van der Waals surface area contributed by atoms with Crippen LogP contribution in [0.25, 0.3) is 0 Å². The van der Waals surface area contributed by atoms with E-state index < -0.39 is 0 Å². The highest BCUT2D eigenvalue weighted by Crippen LogP contribution is 2.00. The third-order valence-electron chi connectivity index (χ3n) is 1.80. The van der Waals surface area contributed by atoms with Gasteiger partial charge in [-0.05, 0) is 24.3 Å². The molecular formula is C11H18N2S. The molecule has 0 aliphatic rings. The van der Waals surface area contributed by atoms with Crippen LogP contribution in [0.4, 0.5) is 0 Å². The van der Waals surface area contributed by atoms with Gasteiger partial charge in [0.1, 0.15) is 0 Å². The van der Waals surface area contributed by atoms with Crippen molar-refractivity contribution in [1.82, 2.24) is 10.3 Å². The number of nitrogens with one attached hydrogen (secondary N) is 1. The fourth-order valence-corrected chi connectivity index (χ4v) is 1.89. The lowest BCUT2D eigenvalue weighted by atomic mass is 10.3. The summed E-state index contributed by atoms with van der Waals surface area (Å²) in [5.74, 6) is 2.46. The highest BCUT2D eigenvalue weighted by atomic mass is 32.2. The molecule has 1 aromatic rings. The molecule has 1 aromatic heterocycles. The first-order valence-electron chi connectivity index (χ1n) is 5.12. The van der Waals surface area contributed by atoms with Crippen LogP contribution in [-0.4, -0.2) is 23.0 Å². The zero-order valence-electron chi connectivity index (χ0n) is 8.70. The Morgan fingerprint density at radius 3 is 3.00 bits per heavy atom. The summed E-state index contributed by atoms with van der Waals surface area (Å²) in [5, 5.41) is 3.38. The highest BCUT2D eigenvalue weighted by Gasteiger charge is 1.91. The standard InChI is InChI=1S/C11H18N2S/c1-2-8-14-9-7-12-10-11-5-3-4-6-13-11/h3-6,12H,2,7-10H2,1H3. The van der Waals surface area contributed by atoms with Crippen LogP contribution in [0.1, 0.15) is 19.0 Å². The summed E-state index contributed by atoms with van der Waals surface area (Å²) in [6.45, 7) is 4.17. The molecule has 0 bridgehead atoms. The first-order chi connectivity index (χ1) is 6.93. The summed E-state index contributed by atoms with van der Waals surface area (Å²) in [5.41, 5.74) is 1.12. The van der Waals surface area contributed by atoms with Gasteiger partial charge in [-0.2, -0.15) is 11.8 Å². The van der Waals surface area contributed by atoms with E-state index >= 15 is 0 Å². The van der Waals surface area contributed by atoms with E-state index in [1.54, 1.807) is 0 Å². The quantitative estimate of drug-likeness (QED) is 0.699. The molecule has 2 nitrogen and oxygen atoms in total. The molecule has 1 N–H and O–H groups in total. The van der Waals surface area contributed by atoms with Crippen molar-refractivity contribution in [2.75, 3.05) is 18.1 Å². The molecule has 3 heteroatoms. The van der Waals surface area contributed by atoms with E-state index in [-0.39, 0.29) is 0 Å². The molecule has 0 atom stereocenters. The van der Waals surface area contributed by atoms with Crippen LogP contribution in [0.2, 0.25) is 0 Å². The van der Waals surface area contributed by atoms with Crippen LogP contribution >= 0.6 is 11.8 Å². The lowest BCUT2D eigenvalue weighted by Gasteiger charge is -2.03. The summed E-state index contributed by atoms with van der Waals surface area (Å²) in [6.07, 6.45) is 3.10. The highest BCUT2D eigenvalue weighted by molar-refractivity contribution is 7.99. The number of rotatable bonds is 7. The minimum atomic E-state index is 0.882. The van der Waals surface area contributed by atoms with Crippen LogP contribution in [0.3, 0.4) is 0 Å². The van der Waals surface area contributed by atoms with Gasteiger partial charge >= 0.3 is 0 Å². The summed E-state index contributed by atoms with van der Waals surface area (Å²) in [7, 11) is 0. The van der Waals surface area contributed by atoms with E-state index in [1.165, 1.54) is 17.9 Å². The van der Waals surface area contributed by atoms with Crippen LogP contribution in [0.15, 0.2) is 24.4 Å². The predicted molar refractivity (Wildman–Crippen MR) is 63.6 cm³/mol. The van der Waals surface area contributed by atoms with Crippen molar-refractivity contribution in [2.45, 2.75) is 19.9 Å². The Kier molecular flexibility index (Phi) is 6.45. The minimum absolute atomic E-state index is 0.882. The average molecular weight is 210 g/mol. The normalized spacial score (nSPS) is 10.4. The van der Waals surface area contributed by atoms with Crippen LogP contribution in [-0.2, 0) is 6.54 Å². The van der Waals surface area contributed by atoms with Crippen LogP contribution < -0.4 is 5.32 Å². The third-order valence-corrected chi connectivity index (χ3v) is 2.99. The molecule has 14 heavy (non-hydrogen) atoms. The number of hydrogen-bond acceptors (Lipinski definition) is 3. The fraction of sp³-hybridized carbons (Fsp3) is 0.545. The number of pyridine rings is 1. The van der Waals surface area contributed by atoms with E-state index in [0.717, 1.165) is 18.8 Å². The molecule has 0 saturated heterocycles. The maximum Gasteiger partial charge on any atom is 0.0541 e. The van der Waals surface area contributed by atoms with Gasteiger partial charge in [0, 0.05) is 25.0 Å². The smallest absolute Gasteiger partial charge is 0.0541 e. The Hall–Kier alpha value is -0.540. The number of thioether (sulfide) groups is 1.